The van der Waals surface area contributed by atoms with Gasteiger partial charge < -0.3 is 0 Å². The Bertz CT molecular complexity index is 108. The summed E-state index contributed by atoms with van der Waals surface area (Å²) in [5.41, 5.74) is 0. The van der Waals surface area contributed by atoms with Crippen LogP contribution in [0.25, 0.3) is 0 Å². The molecule has 0 nitrogen and oxygen atoms in total. The maximum Gasteiger partial charge on any atom is 0.0202 e. The van der Waals surface area contributed by atoms with Crippen LogP contribution >= 0.6 is 0 Å². The second kappa shape index (κ2) is 2.22. The van der Waals surface area contributed by atoms with Crippen LogP contribution in [-0.2, 0) is 0 Å². The Hall–Kier alpha value is -0.440. The van der Waals surface area contributed by atoms with Crippen molar-refractivity contribution in [2.75, 3.05) is 0 Å². The molecule has 2 atom stereocenters. The van der Waals surface area contributed by atoms with E-state index < -0.39 is 0 Å². The minimum Gasteiger partial charge on any atom is -0.120 e. The molecule has 0 N–H and O–H groups in total. The number of hydrogen-bond acceptors (Lipinski definition) is 0. The normalized spacial score (nSPS) is 37.0. The van der Waals surface area contributed by atoms with E-state index in [2.05, 4.69) is 12.8 Å². The van der Waals surface area contributed by atoms with E-state index in [1.165, 1.54) is 19.3 Å². The summed E-state index contributed by atoms with van der Waals surface area (Å²) >= 11 is 0. The largest absolute Gasteiger partial charge is 0.120 e. The predicted molar refractivity (Wildman–Crippen MR) is 35.3 cm³/mol. The van der Waals surface area contributed by atoms with E-state index >= 15 is 0 Å². The molecule has 0 bridgehead atoms. The molecule has 0 aromatic rings. The van der Waals surface area contributed by atoms with E-state index in [1.807, 2.05) is 0 Å². The highest BCUT2D eigenvalue weighted by atomic mass is 14.2. The molecular weight excluding hydrogens is 96.1 g/mol. The van der Waals surface area contributed by atoms with Crippen LogP contribution in [0.4, 0.5) is 0 Å². The number of terminal acetylenes is 1. The molecule has 2 unspecified atom stereocenters. The molecule has 0 aliphatic heterocycles. The maximum atomic E-state index is 5.25. The van der Waals surface area contributed by atoms with E-state index in [-0.39, 0.29) is 0 Å². The Balaban J connectivity index is 2.35. The summed E-state index contributed by atoms with van der Waals surface area (Å²) in [5.74, 6) is 4.28. The number of rotatable bonds is 0. The monoisotopic (exact) mass is 108 g/mol. The Morgan fingerprint density at radius 2 is 2.25 bits per heavy atom. The molecule has 0 spiro atoms. The van der Waals surface area contributed by atoms with Crippen LogP contribution in [0.2, 0.25) is 0 Å². The van der Waals surface area contributed by atoms with Crippen molar-refractivity contribution < 1.29 is 0 Å². The van der Waals surface area contributed by atoms with Crippen LogP contribution in [0.3, 0.4) is 0 Å². The van der Waals surface area contributed by atoms with Crippen LogP contribution in [0.1, 0.15) is 26.2 Å². The fraction of sp³-hybridized carbons (Fsp3) is 0.750. The van der Waals surface area contributed by atoms with Crippen molar-refractivity contribution in [1.29, 1.82) is 0 Å². The van der Waals surface area contributed by atoms with E-state index in [0.29, 0.717) is 5.92 Å². The Morgan fingerprint density at radius 1 is 1.50 bits per heavy atom. The molecule has 1 fully saturated rings. The lowest BCUT2D eigenvalue weighted by Gasteiger charge is -1.96. The highest BCUT2D eigenvalue weighted by Gasteiger charge is 2.18. The first kappa shape index (κ1) is 5.69. The van der Waals surface area contributed by atoms with Crippen molar-refractivity contribution in [1.82, 2.24) is 0 Å². The average molecular weight is 108 g/mol. The summed E-state index contributed by atoms with van der Waals surface area (Å²) in [6.07, 6.45) is 9.11. The fourth-order valence-corrected chi connectivity index (χ4v) is 1.36. The van der Waals surface area contributed by atoms with E-state index in [1.54, 1.807) is 0 Å². The van der Waals surface area contributed by atoms with Gasteiger partial charge in [0.05, 0.1) is 0 Å². The molecule has 0 aromatic heterocycles. The van der Waals surface area contributed by atoms with Gasteiger partial charge in [0, 0.05) is 5.92 Å². The smallest absolute Gasteiger partial charge is 0.0202 e. The van der Waals surface area contributed by atoms with Gasteiger partial charge in [-0.2, -0.15) is 0 Å². The molecule has 1 saturated carbocycles. The summed E-state index contributed by atoms with van der Waals surface area (Å²) in [6.45, 7) is 2.28. The topological polar surface area (TPSA) is 0 Å². The van der Waals surface area contributed by atoms with Gasteiger partial charge in [-0.3, -0.25) is 0 Å². The van der Waals surface area contributed by atoms with Gasteiger partial charge in [0.25, 0.3) is 0 Å². The summed E-state index contributed by atoms with van der Waals surface area (Å²) < 4.78 is 0. The summed E-state index contributed by atoms with van der Waals surface area (Å²) in [4.78, 5) is 0. The lowest BCUT2D eigenvalue weighted by Crippen LogP contribution is -1.87. The van der Waals surface area contributed by atoms with Gasteiger partial charge in [0.2, 0.25) is 0 Å². The molecule has 1 rings (SSSR count). The Kier molecular flexibility index (Phi) is 1.58. The predicted octanol–water partition coefficient (Wildman–Crippen LogP) is 2.06. The lowest BCUT2D eigenvalue weighted by molar-refractivity contribution is 0.592. The van der Waals surface area contributed by atoms with Crippen LogP contribution in [0.5, 0.6) is 0 Å². The lowest BCUT2D eigenvalue weighted by atomic mass is 10.1. The maximum absolute atomic E-state index is 5.25. The van der Waals surface area contributed by atoms with Gasteiger partial charge in [0.15, 0.2) is 0 Å². The van der Waals surface area contributed by atoms with Crippen molar-refractivity contribution in [3.8, 4) is 12.3 Å². The number of hydrogen-bond donors (Lipinski definition) is 0. The molecule has 0 amide bonds. The first-order valence-corrected chi connectivity index (χ1v) is 3.29. The summed E-state index contributed by atoms with van der Waals surface area (Å²) in [6, 6.07) is 0. The van der Waals surface area contributed by atoms with Crippen molar-refractivity contribution in [3.63, 3.8) is 0 Å². The highest BCUT2D eigenvalue weighted by molar-refractivity contribution is 4.96. The third kappa shape index (κ3) is 1.04. The molecule has 0 aromatic carbocycles. The van der Waals surface area contributed by atoms with Crippen LogP contribution in [0.15, 0.2) is 0 Å². The summed E-state index contributed by atoms with van der Waals surface area (Å²) in [7, 11) is 0. The van der Waals surface area contributed by atoms with Crippen LogP contribution in [-0.4, -0.2) is 0 Å². The third-order valence-electron chi connectivity index (χ3n) is 1.93. The van der Waals surface area contributed by atoms with Gasteiger partial charge >= 0.3 is 0 Å². The van der Waals surface area contributed by atoms with E-state index in [4.69, 9.17) is 6.42 Å². The van der Waals surface area contributed by atoms with Crippen LogP contribution < -0.4 is 0 Å². The minimum atomic E-state index is 0.602. The molecular formula is C8H12. The highest BCUT2D eigenvalue weighted by Crippen LogP contribution is 2.29. The molecule has 0 heterocycles. The molecule has 0 saturated heterocycles. The van der Waals surface area contributed by atoms with E-state index in [9.17, 15) is 0 Å². The zero-order valence-corrected chi connectivity index (χ0v) is 5.35. The van der Waals surface area contributed by atoms with Gasteiger partial charge in [-0.1, -0.05) is 6.92 Å². The van der Waals surface area contributed by atoms with Crippen molar-refractivity contribution >= 4 is 0 Å². The van der Waals surface area contributed by atoms with Gasteiger partial charge in [0.1, 0.15) is 0 Å². The zero-order chi connectivity index (χ0) is 5.98. The molecule has 44 valence electrons. The zero-order valence-electron chi connectivity index (χ0n) is 5.35. The third-order valence-corrected chi connectivity index (χ3v) is 1.93. The first-order valence-electron chi connectivity index (χ1n) is 3.29. The second-order valence-electron chi connectivity index (χ2n) is 2.78. The van der Waals surface area contributed by atoms with Gasteiger partial charge in [-0.25, -0.2) is 0 Å². The molecule has 0 radical (unpaired) electrons. The average Bonchev–Trinajstić information content (AvgIpc) is 2.14. The Morgan fingerprint density at radius 3 is 2.50 bits per heavy atom. The molecule has 1 aliphatic rings. The SMILES string of the molecule is C#CC1CCC(C)C1. The van der Waals surface area contributed by atoms with Crippen molar-refractivity contribution in [2.24, 2.45) is 11.8 Å². The molecule has 0 heteroatoms. The molecule has 8 heavy (non-hydrogen) atoms. The van der Waals surface area contributed by atoms with Gasteiger partial charge in [-0.15, -0.1) is 12.3 Å². The van der Waals surface area contributed by atoms with Crippen LogP contribution in [0, 0.1) is 24.2 Å². The standard InChI is InChI=1S/C8H12/c1-3-8-5-4-7(2)6-8/h1,7-8H,4-6H2,2H3. The quantitative estimate of drug-likeness (QED) is 0.417. The fourth-order valence-electron chi connectivity index (χ4n) is 1.36. The van der Waals surface area contributed by atoms with Gasteiger partial charge in [-0.05, 0) is 25.2 Å². The second-order valence-corrected chi connectivity index (χ2v) is 2.78. The minimum absolute atomic E-state index is 0.602. The first-order chi connectivity index (χ1) is 3.83. The Labute approximate surface area is 51.3 Å². The summed E-state index contributed by atoms with van der Waals surface area (Å²) in [5, 5.41) is 0. The van der Waals surface area contributed by atoms with E-state index in [0.717, 1.165) is 5.92 Å². The molecule has 1 aliphatic carbocycles. The van der Waals surface area contributed by atoms with Crippen molar-refractivity contribution in [2.45, 2.75) is 26.2 Å². The van der Waals surface area contributed by atoms with Crippen molar-refractivity contribution in [3.05, 3.63) is 0 Å².